The van der Waals surface area contributed by atoms with Gasteiger partial charge in [-0.05, 0) is 41.1 Å². The van der Waals surface area contributed by atoms with Gasteiger partial charge in [0.1, 0.15) is 11.4 Å². The minimum Gasteiger partial charge on any atom is -0.486 e. The number of methoxy groups -OCH3 is 1. The third kappa shape index (κ3) is 5.67. The van der Waals surface area contributed by atoms with Gasteiger partial charge in [0.25, 0.3) is 0 Å². The van der Waals surface area contributed by atoms with Gasteiger partial charge in [0.05, 0.1) is 57.2 Å². The molecule has 0 spiro atoms. The largest absolute Gasteiger partial charge is 0.486 e. The summed E-state index contributed by atoms with van der Waals surface area (Å²) in [6, 6.07) is 3.90. The van der Waals surface area contributed by atoms with Gasteiger partial charge >= 0.3 is 5.97 Å². The van der Waals surface area contributed by atoms with E-state index in [0.717, 1.165) is 0 Å². The summed E-state index contributed by atoms with van der Waals surface area (Å²) in [6.07, 6.45) is 1.57. The standard InChI is InChI=1S/C23H24BrFN4O5S/c1-3-34-23(31)19-17(10-29-6-7-33-12-14(29)11-30)27-21(22-26-9-18(32-2)35-22)28-20(19)15-5-4-13(25)8-16(15)24/h4-5,8-9,14,30H,3,6-7,10-12H2,1-2H3. The van der Waals surface area contributed by atoms with Gasteiger partial charge in [-0.2, -0.15) is 0 Å². The average molecular weight is 567 g/mol. The van der Waals surface area contributed by atoms with Crippen LogP contribution in [0.2, 0.25) is 0 Å². The predicted octanol–water partition coefficient (Wildman–Crippen LogP) is 3.55. The lowest BCUT2D eigenvalue weighted by atomic mass is 10.0. The molecule has 186 valence electrons. The lowest BCUT2D eigenvalue weighted by Gasteiger charge is -2.34. The van der Waals surface area contributed by atoms with Crippen LogP contribution < -0.4 is 4.74 Å². The zero-order valence-corrected chi connectivity index (χ0v) is 21.6. The number of aromatic nitrogens is 3. The van der Waals surface area contributed by atoms with Gasteiger partial charge in [-0.15, -0.1) is 0 Å². The third-order valence-corrected chi connectivity index (χ3v) is 7.05. The quantitative estimate of drug-likeness (QED) is 0.409. The fourth-order valence-electron chi connectivity index (χ4n) is 3.73. The summed E-state index contributed by atoms with van der Waals surface area (Å²) in [7, 11) is 1.54. The van der Waals surface area contributed by atoms with E-state index in [1.807, 2.05) is 4.90 Å². The first-order valence-corrected chi connectivity index (χ1v) is 12.5. The molecule has 1 N–H and O–H groups in total. The van der Waals surface area contributed by atoms with E-state index >= 15 is 0 Å². The monoisotopic (exact) mass is 566 g/mol. The smallest absolute Gasteiger partial charge is 0.342 e. The van der Waals surface area contributed by atoms with E-state index in [1.165, 1.54) is 23.5 Å². The van der Waals surface area contributed by atoms with Gasteiger partial charge in [-0.1, -0.05) is 11.3 Å². The topological polar surface area (TPSA) is 107 Å². The van der Waals surface area contributed by atoms with Crippen molar-refractivity contribution in [2.24, 2.45) is 0 Å². The first-order valence-electron chi connectivity index (χ1n) is 10.9. The molecule has 1 aliphatic heterocycles. The fraction of sp³-hybridized carbons (Fsp3) is 0.391. The highest BCUT2D eigenvalue weighted by Gasteiger charge is 2.30. The third-order valence-electron chi connectivity index (χ3n) is 5.44. The van der Waals surface area contributed by atoms with Gasteiger partial charge in [-0.25, -0.2) is 24.1 Å². The summed E-state index contributed by atoms with van der Waals surface area (Å²) in [6.45, 7) is 3.41. The molecule has 0 amide bonds. The number of aliphatic hydroxyl groups excluding tert-OH is 1. The molecule has 0 aliphatic carbocycles. The van der Waals surface area contributed by atoms with Crippen molar-refractivity contribution in [2.45, 2.75) is 19.5 Å². The number of thiazole rings is 1. The van der Waals surface area contributed by atoms with Crippen LogP contribution in [-0.4, -0.2) is 77.1 Å². The van der Waals surface area contributed by atoms with Crippen molar-refractivity contribution in [3.63, 3.8) is 0 Å². The summed E-state index contributed by atoms with van der Waals surface area (Å²) in [5.41, 5.74) is 1.38. The van der Waals surface area contributed by atoms with Crippen LogP contribution in [-0.2, 0) is 16.0 Å². The van der Waals surface area contributed by atoms with Crippen molar-refractivity contribution in [1.82, 2.24) is 19.9 Å². The summed E-state index contributed by atoms with van der Waals surface area (Å²) in [5.74, 6) is -0.733. The molecular formula is C23H24BrFN4O5S. The Balaban J connectivity index is 1.93. The Morgan fingerprint density at radius 2 is 2.23 bits per heavy atom. The predicted molar refractivity (Wildman–Crippen MR) is 131 cm³/mol. The number of morpholine rings is 1. The van der Waals surface area contributed by atoms with Crippen molar-refractivity contribution >= 4 is 33.2 Å². The van der Waals surface area contributed by atoms with E-state index in [-0.39, 0.29) is 31.4 Å². The number of aliphatic hydroxyl groups is 1. The molecule has 2 aromatic heterocycles. The van der Waals surface area contributed by atoms with Gasteiger partial charge in [0, 0.05) is 23.1 Å². The maximum absolute atomic E-state index is 13.9. The zero-order valence-electron chi connectivity index (χ0n) is 19.2. The van der Waals surface area contributed by atoms with Crippen molar-refractivity contribution < 1.29 is 28.5 Å². The number of esters is 1. The molecule has 3 heterocycles. The average Bonchev–Trinajstić information content (AvgIpc) is 3.33. The molecular weight excluding hydrogens is 543 g/mol. The van der Waals surface area contributed by atoms with E-state index in [0.29, 0.717) is 57.1 Å². The number of carbonyl (C=O) groups is 1. The van der Waals surface area contributed by atoms with Crippen LogP contribution in [0, 0.1) is 5.82 Å². The Hall–Kier alpha value is -2.51. The Morgan fingerprint density at radius 1 is 1.40 bits per heavy atom. The zero-order chi connectivity index (χ0) is 24.9. The Morgan fingerprint density at radius 3 is 2.91 bits per heavy atom. The summed E-state index contributed by atoms with van der Waals surface area (Å²) < 4.78 is 30.4. The van der Waals surface area contributed by atoms with Crippen molar-refractivity contribution in [2.75, 3.05) is 40.1 Å². The molecule has 1 unspecified atom stereocenters. The van der Waals surface area contributed by atoms with E-state index < -0.39 is 11.8 Å². The molecule has 3 aromatic rings. The lowest BCUT2D eigenvalue weighted by molar-refractivity contribution is -0.0318. The molecule has 0 radical (unpaired) electrons. The van der Waals surface area contributed by atoms with E-state index in [4.69, 9.17) is 19.2 Å². The number of ether oxygens (including phenoxy) is 3. The lowest BCUT2D eigenvalue weighted by Crippen LogP contribution is -2.47. The Kier molecular flexibility index (Phi) is 8.39. The summed E-state index contributed by atoms with van der Waals surface area (Å²) >= 11 is 4.66. The molecule has 12 heteroatoms. The van der Waals surface area contributed by atoms with Crippen LogP contribution in [0.3, 0.4) is 0 Å². The Labute approximate surface area is 214 Å². The maximum Gasteiger partial charge on any atom is 0.342 e. The number of halogens is 2. The minimum absolute atomic E-state index is 0.104. The number of hydrogen-bond acceptors (Lipinski definition) is 10. The highest BCUT2D eigenvalue weighted by molar-refractivity contribution is 9.10. The molecule has 0 bridgehead atoms. The van der Waals surface area contributed by atoms with Crippen LogP contribution in [0.4, 0.5) is 4.39 Å². The van der Waals surface area contributed by atoms with Crippen molar-refractivity contribution in [1.29, 1.82) is 0 Å². The molecule has 4 rings (SSSR count). The van der Waals surface area contributed by atoms with Gasteiger partial charge in [-0.3, -0.25) is 4.90 Å². The molecule has 1 aliphatic rings. The second kappa shape index (κ2) is 11.5. The highest BCUT2D eigenvalue weighted by Crippen LogP contribution is 2.35. The van der Waals surface area contributed by atoms with E-state index in [1.54, 1.807) is 26.3 Å². The number of benzene rings is 1. The first kappa shape index (κ1) is 25.6. The van der Waals surface area contributed by atoms with Crippen molar-refractivity contribution in [3.8, 4) is 27.2 Å². The summed E-state index contributed by atoms with van der Waals surface area (Å²) in [4.78, 5) is 29.0. The Bertz CT molecular complexity index is 1210. The van der Waals surface area contributed by atoms with Gasteiger partial charge < -0.3 is 19.3 Å². The van der Waals surface area contributed by atoms with Gasteiger partial charge in [0.15, 0.2) is 15.9 Å². The molecule has 0 saturated carbocycles. The molecule has 35 heavy (non-hydrogen) atoms. The van der Waals surface area contributed by atoms with Crippen LogP contribution in [0.15, 0.2) is 28.9 Å². The van der Waals surface area contributed by atoms with E-state index in [2.05, 4.69) is 25.9 Å². The van der Waals surface area contributed by atoms with Crippen LogP contribution in [0.25, 0.3) is 22.1 Å². The second-order valence-corrected chi connectivity index (χ2v) is 9.48. The normalized spacial score (nSPS) is 16.3. The number of rotatable bonds is 8. The number of carbonyl (C=O) groups excluding carboxylic acids is 1. The van der Waals surface area contributed by atoms with Crippen LogP contribution in [0.5, 0.6) is 5.06 Å². The second-order valence-electron chi connectivity index (χ2n) is 7.63. The maximum atomic E-state index is 13.9. The van der Waals surface area contributed by atoms with Gasteiger partial charge in [0.2, 0.25) is 0 Å². The van der Waals surface area contributed by atoms with E-state index in [9.17, 15) is 14.3 Å². The fourth-order valence-corrected chi connectivity index (χ4v) is 4.93. The molecule has 1 fully saturated rings. The molecule has 1 aromatic carbocycles. The molecule has 1 atom stereocenters. The summed E-state index contributed by atoms with van der Waals surface area (Å²) in [5, 5.41) is 10.9. The van der Waals surface area contributed by atoms with Crippen LogP contribution >= 0.6 is 27.3 Å². The number of hydrogen-bond donors (Lipinski definition) is 1. The van der Waals surface area contributed by atoms with Crippen molar-refractivity contribution in [3.05, 3.63) is 45.9 Å². The molecule has 1 saturated heterocycles. The van der Waals surface area contributed by atoms with Crippen LogP contribution in [0.1, 0.15) is 23.0 Å². The molecule has 9 nitrogen and oxygen atoms in total. The minimum atomic E-state index is -0.592. The number of nitrogens with zero attached hydrogens (tertiary/aromatic N) is 4. The highest BCUT2D eigenvalue weighted by atomic mass is 79.9. The first-order chi connectivity index (χ1) is 16.9. The SMILES string of the molecule is CCOC(=O)c1c(CN2CCOCC2CO)nc(-c2ncc(OC)s2)nc1-c1ccc(F)cc1Br.